The van der Waals surface area contributed by atoms with E-state index < -0.39 is 5.97 Å². The van der Waals surface area contributed by atoms with Crippen LogP contribution in [0.15, 0.2) is 29.2 Å². The van der Waals surface area contributed by atoms with E-state index >= 15 is 0 Å². The van der Waals surface area contributed by atoms with Crippen LogP contribution < -0.4 is 10.9 Å². The minimum Gasteiger partial charge on any atom is -0.465 e. The summed E-state index contributed by atoms with van der Waals surface area (Å²) in [7, 11) is 1.30. The fraction of sp³-hybridized carbons (Fsp3) is 0.250. The Morgan fingerprint density at radius 3 is 2.76 bits per heavy atom. The van der Waals surface area contributed by atoms with Gasteiger partial charge in [-0.05, 0) is 31.0 Å². The molecule has 1 aromatic carbocycles. The SMILES string of the molecule is COC(=O)c1ccc2nc(Nc3c(C(C)C)sc4nc(C)ncc34)[nH]c(=O)c2c1. The lowest BCUT2D eigenvalue weighted by atomic mass is 10.1. The second kappa shape index (κ2) is 7.25. The third-order valence-corrected chi connectivity index (χ3v) is 5.89. The number of methoxy groups -OCH3 is 1. The molecule has 0 aliphatic heterocycles. The van der Waals surface area contributed by atoms with Crippen molar-refractivity contribution in [1.29, 1.82) is 0 Å². The molecule has 8 nitrogen and oxygen atoms in total. The summed E-state index contributed by atoms with van der Waals surface area (Å²) < 4.78 is 4.71. The molecule has 0 saturated carbocycles. The monoisotopic (exact) mass is 409 g/mol. The number of aromatic nitrogens is 4. The Morgan fingerprint density at radius 2 is 2.03 bits per heavy atom. The zero-order valence-electron chi connectivity index (χ0n) is 16.4. The summed E-state index contributed by atoms with van der Waals surface area (Å²) in [5.74, 6) is 0.775. The first-order valence-corrected chi connectivity index (χ1v) is 9.84. The van der Waals surface area contributed by atoms with Gasteiger partial charge in [-0.25, -0.2) is 19.7 Å². The molecule has 0 aliphatic rings. The molecule has 9 heteroatoms. The first-order valence-electron chi connectivity index (χ1n) is 9.03. The number of carbonyl (C=O) groups is 1. The summed E-state index contributed by atoms with van der Waals surface area (Å²) in [4.78, 5) is 42.4. The number of benzene rings is 1. The lowest BCUT2D eigenvalue weighted by Crippen LogP contribution is -2.13. The topological polar surface area (TPSA) is 110 Å². The number of aryl methyl sites for hydroxylation is 1. The number of esters is 1. The number of hydrogen-bond donors (Lipinski definition) is 2. The predicted molar refractivity (Wildman–Crippen MR) is 113 cm³/mol. The Hall–Kier alpha value is -3.33. The average molecular weight is 409 g/mol. The van der Waals surface area contributed by atoms with Crippen molar-refractivity contribution in [3.63, 3.8) is 0 Å². The molecule has 3 heterocycles. The van der Waals surface area contributed by atoms with E-state index in [1.165, 1.54) is 13.2 Å². The number of carbonyl (C=O) groups excluding carboxylic acids is 1. The van der Waals surface area contributed by atoms with Crippen LogP contribution in [-0.4, -0.2) is 33.0 Å². The van der Waals surface area contributed by atoms with E-state index in [0.29, 0.717) is 28.2 Å². The number of anilines is 2. The minimum atomic E-state index is -0.505. The van der Waals surface area contributed by atoms with E-state index in [0.717, 1.165) is 20.8 Å². The number of aromatic amines is 1. The second-order valence-electron chi connectivity index (χ2n) is 6.90. The number of fused-ring (bicyclic) bond motifs is 2. The van der Waals surface area contributed by atoms with Gasteiger partial charge < -0.3 is 10.1 Å². The third kappa shape index (κ3) is 3.44. The smallest absolute Gasteiger partial charge is 0.337 e. The van der Waals surface area contributed by atoms with Crippen molar-refractivity contribution >= 4 is 50.1 Å². The molecule has 0 spiro atoms. The Balaban J connectivity index is 1.81. The maximum absolute atomic E-state index is 12.6. The van der Waals surface area contributed by atoms with Crippen LogP contribution in [0.4, 0.5) is 11.6 Å². The summed E-state index contributed by atoms with van der Waals surface area (Å²) in [6.07, 6.45) is 1.78. The predicted octanol–water partition coefficient (Wildman–Crippen LogP) is 3.89. The molecule has 2 N–H and O–H groups in total. The number of nitrogens with one attached hydrogen (secondary N) is 2. The molecule has 0 radical (unpaired) electrons. The summed E-state index contributed by atoms with van der Waals surface area (Å²) in [5.41, 5.74) is 1.27. The molecular weight excluding hydrogens is 390 g/mol. The quantitative estimate of drug-likeness (QED) is 0.492. The first kappa shape index (κ1) is 19.0. The molecular formula is C20H19N5O3S. The molecule has 4 aromatic rings. The summed E-state index contributed by atoms with van der Waals surface area (Å²) in [6, 6.07) is 4.69. The Bertz CT molecular complexity index is 1310. The number of ether oxygens (including phenoxy) is 1. The molecule has 0 fully saturated rings. The zero-order valence-corrected chi connectivity index (χ0v) is 17.2. The van der Waals surface area contributed by atoms with Gasteiger partial charge in [-0.3, -0.25) is 9.78 Å². The van der Waals surface area contributed by atoms with Gasteiger partial charge in [-0.1, -0.05) is 13.8 Å². The number of hydrogen-bond acceptors (Lipinski definition) is 8. The highest BCUT2D eigenvalue weighted by Gasteiger charge is 2.18. The molecule has 0 unspecified atom stereocenters. The van der Waals surface area contributed by atoms with Crippen LogP contribution in [0.1, 0.15) is 40.8 Å². The van der Waals surface area contributed by atoms with Gasteiger partial charge in [0.2, 0.25) is 5.95 Å². The van der Waals surface area contributed by atoms with Crippen LogP contribution >= 0.6 is 11.3 Å². The second-order valence-corrected chi connectivity index (χ2v) is 7.93. The lowest BCUT2D eigenvalue weighted by Gasteiger charge is -2.10. The highest BCUT2D eigenvalue weighted by atomic mass is 32.1. The van der Waals surface area contributed by atoms with E-state index in [2.05, 4.69) is 39.1 Å². The van der Waals surface area contributed by atoms with Crippen LogP contribution in [0, 0.1) is 6.92 Å². The molecule has 0 amide bonds. The van der Waals surface area contributed by atoms with Gasteiger partial charge in [0.15, 0.2) is 0 Å². The van der Waals surface area contributed by atoms with E-state index in [1.54, 1.807) is 29.7 Å². The Kier molecular flexibility index (Phi) is 4.75. The van der Waals surface area contributed by atoms with Gasteiger partial charge in [0.25, 0.3) is 5.56 Å². The van der Waals surface area contributed by atoms with Crippen molar-refractivity contribution in [1.82, 2.24) is 19.9 Å². The first-order chi connectivity index (χ1) is 13.9. The van der Waals surface area contributed by atoms with Crippen molar-refractivity contribution < 1.29 is 9.53 Å². The van der Waals surface area contributed by atoms with Crippen LogP contribution in [0.25, 0.3) is 21.1 Å². The fourth-order valence-electron chi connectivity index (χ4n) is 3.08. The van der Waals surface area contributed by atoms with Crippen LogP contribution in [0.3, 0.4) is 0 Å². The average Bonchev–Trinajstić information content (AvgIpc) is 3.05. The van der Waals surface area contributed by atoms with Crippen LogP contribution in [-0.2, 0) is 4.74 Å². The van der Waals surface area contributed by atoms with Crippen molar-refractivity contribution in [3.05, 3.63) is 51.0 Å². The summed E-state index contributed by atoms with van der Waals surface area (Å²) in [5, 5.41) is 4.45. The van der Waals surface area contributed by atoms with Crippen molar-refractivity contribution in [2.75, 3.05) is 12.4 Å². The highest BCUT2D eigenvalue weighted by Crippen LogP contribution is 2.40. The zero-order chi connectivity index (χ0) is 20.7. The molecule has 3 aromatic heterocycles. The van der Waals surface area contributed by atoms with Gasteiger partial charge in [-0.15, -0.1) is 11.3 Å². The van der Waals surface area contributed by atoms with Crippen LogP contribution in [0.5, 0.6) is 0 Å². The number of rotatable bonds is 4. The molecule has 29 heavy (non-hydrogen) atoms. The summed E-state index contributed by atoms with van der Waals surface area (Å²) >= 11 is 1.60. The van der Waals surface area contributed by atoms with Gasteiger partial charge in [-0.2, -0.15) is 0 Å². The highest BCUT2D eigenvalue weighted by molar-refractivity contribution is 7.19. The maximum Gasteiger partial charge on any atom is 0.337 e. The number of nitrogens with zero attached hydrogens (tertiary/aromatic N) is 3. The molecule has 0 atom stereocenters. The van der Waals surface area contributed by atoms with Gasteiger partial charge >= 0.3 is 5.97 Å². The van der Waals surface area contributed by atoms with Crippen molar-refractivity contribution in [3.8, 4) is 0 Å². The van der Waals surface area contributed by atoms with Crippen LogP contribution in [0.2, 0.25) is 0 Å². The fourth-order valence-corrected chi connectivity index (χ4v) is 4.23. The molecule has 148 valence electrons. The number of H-pyrrole nitrogens is 1. The van der Waals surface area contributed by atoms with E-state index in [1.807, 2.05) is 6.92 Å². The van der Waals surface area contributed by atoms with Gasteiger partial charge in [0, 0.05) is 11.1 Å². The van der Waals surface area contributed by atoms with Gasteiger partial charge in [0.1, 0.15) is 10.7 Å². The Morgan fingerprint density at radius 1 is 1.24 bits per heavy atom. The summed E-state index contributed by atoms with van der Waals surface area (Å²) in [6.45, 7) is 6.05. The van der Waals surface area contributed by atoms with Crippen molar-refractivity contribution in [2.24, 2.45) is 0 Å². The molecule has 4 rings (SSSR count). The standard InChI is InChI=1S/C20H19N5O3S/c1-9(2)16-15(13-8-21-10(3)22-18(13)29-16)24-20-23-14-6-5-11(19(27)28-4)7-12(14)17(26)25-20/h5-9H,1-4H3,(H2,23,24,25,26). The van der Waals surface area contributed by atoms with E-state index in [-0.39, 0.29) is 11.5 Å². The Labute approximate surface area is 170 Å². The van der Waals surface area contributed by atoms with E-state index in [4.69, 9.17) is 4.74 Å². The number of thiophene rings is 1. The van der Waals surface area contributed by atoms with Gasteiger partial charge in [0.05, 0.1) is 34.6 Å². The normalized spacial score (nSPS) is 11.3. The molecule has 0 bridgehead atoms. The lowest BCUT2D eigenvalue weighted by molar-refractivity contribution is 0.0601. The largest absolute Gasteiger partial charge is 0.465 e. The third-order valence-electron chi connectivity index (χ3n) is 4.49. The van der Waals surface area contributed by atoms with Crippen molar-refractivity contribution in [2.45, 2.75) is 26.7 Å². The molecule has 0 saturated heterocycles. The molecule has 0 aliphatic carbocycles. The maximum atomic E-state index is 12.6. The minimum absolute atomic E-state index is 0.256. The van der Waals surface area contributed by atoms with E-state index in [9.17, 15) is 9.59 Å².